The molecule has 0 saturated carbocycles. The standard InChI is InChI=1S/C30H15F12OP/c31-27(32,33)17-10-18(28(34,35)36)13-21(12-17)44(43,22-14-19(29(37,38)39)11-20(15-22)30(40,41)42)26-9-16-5-1-2-6-23(16)24-7-3-4-8-25(24)26/h1-15H. The predicted octanol–water partition coefficient (Wildman–Crippen LogP) is 9.71. The molecular formula is C30H15F12OP. The van der Waals surface area contributed by atoms with Crippen LogP contribution in [0.25, 0.3) is 21.5 Å². The quantitative estimate of drug-likeness (QED) is 0.108. The zero-order chi connectivity index (χ0) is 32.5. The van der Waals surface area contributed by atoms with Crippen LogP contribution in [0.2, 0.25) is 0 Å². The van der Waals surface area contributed by atoms with Crippen LogP contribution in [0.5, 0.6) is 0 Å². The molecule has 0 heterocycles. The van der Waals surface area contributed by atoms with Crippen LogP contribution in [-0.2, 0) is 29.3 Å². The highest BCUT2D eigenvalue weighted by Gasteiger charge is 2.44. The molecule has 0 spiro atoms. The van der Waals surface area contributed by atoms with E-state index in [2.05, 4.69) is 0 Å². The molecule has 5 aromatic carbocycles. The largest absolute Gasteiger partial charge is 0.416 e. The highest BCUT2D eigenvalue weighted by molar-refractivity contribution is 7.85. The van der Waals surface area contributed by atoms with Crippen LogP contribution in [-0.4, -0.2) is 0 Å². The van der Waals surface area contributed by atoms with Gasteiger partial charge in [-0.1, -0.05) is 48.5 Å². The van der Waals surface area contributed by atoms with Gasteiger partial charge >= 0.3 is 24.7 Å². The van der Waals surface area contributed by atoms with Gasteiger partial charge in [-0.25, -0.2) is 0 Å². The summed E-state index contributed by atoms with van der Waals surface area (Å²) in [7, 11) is -5.41. The molecule has 0 aliphatic rings. The first kappa shape index (κ1) is 31.4. The summed E-state index contributed by atoms with van der Waals surface area (Å²) in [6.45, 7) is 0. The summed E-state index contributed by atoms with van der Waals surface area (Å²) in [6, 6.07) is 12.5. The lowest BCUT2D eigenvalue weighted by Crippen LogP contribution is -2.30. The van der Waals surface area contributed by atoms with Crippen molar-refractivity contribution < 1.29 is 57.3 Å². The number of alkyl halides is 12. The average molecular weight is 650 g/mol. The van der Waals surface area contributed by atoms with E-state index in [1.807, 2.05) is 0 Å². The van der Waals surface area contributed by atoms with E-state index in [0.29, 0.717) is 5.39 Å². The highest BCUT2D eigenvalue weighted by atomic mass is 31.2. The summed E-state index contributed by atoms with van der Waals surface area (Å²) < 4.78 is 182. The average Bonchev–Trinajstić information content (AvgIpc) is 2.94. The Morgan fingerprint density at radius 1 is 0.409 bits per heavy atom. The van der Waals surface area contributed by atoms with Crippen molar-refractivity contribution in [2.24, 2.45) is 0 Å². The van der Waals surface area contributed by atoms with Gasteiger partial charge in [0.05, 0.1) is 22.3 Å². The van der Waals surface area contributed by atoms with Crippen LogP contribution >= 0.6 is 7.14 Å². The summed E-state index contributed by atoms with van der Waals surface area (Å²) in [5.74, 6) is 0. The van der Waals surface area contributed by atoms with Crippen molar-refractivity contribution in [3.8, 4) is 0 Å². The molecule has 0 amide bonds. The molecule has 0 fully saturated rings. The lowest BCUT2D eigenvalue weighted by Gasteiger charge is -2.26. The van der Waals surface area contributed by atoms with Crippen molar-refractivity contribution >= 4 is 44.6 Å². The second kappa shape index (κ2) is 10.3. The van der Waals surface area contributed by atoms with E-state index in [4.69, 9.17) is 0 Å². The summed E-state index contributed by atoms with van der Waals surface area (Å²) in [5.41, 5.74) is -7.79. The first-order chi connectivity index (χ1) is 20.2. The topological polar surface area (TPSA) is 17.1 Å². The van der Waals surface area contributed by atoms with Gasteiger partial charge in [0, 0.05) is 15.9 Å². The van der Waals surface area contributed by atoms with Crippen molar-refractivity contribution in [3.05, 3.63) is 113 Å². The van der Waals surface area contributed by atoms with Crippen LogP contribution < -0.4 is 15.9 Å². The zero-order valence-electron chi connectivity index (χ0n) is 21.6. The predicted molar refractivity (Wildman–Crippen MR) is 141 cm³/mol. The second-order valence-electron chi connectivity index (χ2n) is 9.80. The second-order valence-corrected chi connectivity index (χ2v) is 12.5. The molecule has 5 aromatic rings. The number of hydrogen-bond donors (Lipinski definition) is 0. The van der Waals surface area contributed by atoms with Crippen molar-refractivity contribution in [3.63, 3.8) is 0 Å². The van der Waals surface area contributed by atoms with Gasteiger partial charge in [0.15, 0.2) is 7.14 Å². The van der Waals surface area contributed by atoms with E-state index in [-0.39, 0.29) is 52.6 Å². The Labute approximate surface area is 240 Å². The van der Waals surface area contributed by atoms with Gasteiger partial charge in [-0.3, -0.25) is 0 Å². The molecule has 0 saturated heterocycles. The first-order valence-electron chi connectivity index (χ1n) is 12.3. The van der Waals surface area contributed by atoms with Gasteiger partial charge in [0.1, 0.15) is 0 Å². The van der Waals surface area contributed by atoms with Crippen molar-refractivity contribution in [1.29, 1.82) is 0 Å². The number of benzene rings is 5. The van der Waals surface area contributed by atoms with E-state index in [1.165, 1.54) is 36.4 Å². The maximum Gasteiger partial charge on any atom is 0.416 e. The van der Waals surface area contributed by atoms with Crippen molar-refractivity contribution in [2.75, 3.05) is 0 Å². The molecule has 44 heavy (non-hydrogen) atoms. The molecule has 0 aliphatic carbocycles. The fraction of sp³-hybridized carbons (Fsp3) is 0.133. The molecule has 0 atom stereocenters. The number of hydrogen-bond acceptors (Lipinski definition) is 1. The summed E-state index contributed by atoms with van der Waals surface area (Å²) in [5, 5.41) is -2.17. The molecule has 0 unspecified atom stereocenters. The van der Waals surface area contributed by atoms with E-state index in [9.17, 15) is 52.7 Å². The Morgan fingerprint density at radius 3 is 1.14 bits per heavy atom. The molecule has 0 bridgehead atoms. The van der Waals surface area contributed by atoms with Gasteiger partial charge in [-0.05, 0) is 64.0 Å². The monoisotopic (exact) mass is 650 g/mol. The highest BCUT2D eigenvalue weighted by Crippen LogP contribution is 2.49. The molecule has 0 aromatic heterocycles. The van der Waals surface area contributed by atoms with E-state index < -0.39 is 70.0 Å². The Balaban J connectivity index is 2.03. The van der Waals surface area contributed by atoms with E-state index >= 15 is 4.57 Å². The smallest absolute Gasteiger partial charge is 0.309 e. The molecular weight excluding hydrogens is 635 g/mol. The Bertz CT molecular complexity index is 1810. The first-order valence-corrected chi connectivity index (χ1v) is 14.0. The van der Waals surface area contributed by atoms with Crippen LogP contribution in [0.3, 0.4) is 0 Å². The molecule has 0 N–H and O–H groups in total. The van der Waals surface area contributed by atoms with Crippen molar-refractivity contribution in [2.45, 2.75) is 24.7 Å². The Morgan fingerprint density at radius 2 is 0.750 bits per heavy atom. The molecule has 5 rings (SSSR count). The molecule has 0 radical (unpaired) electrons. The third-order valence-corrected chi connectivity index (χ3v) is 9.98. The molecule has 0 aliphatic heterocycles. The minimum Gasteiger partial charge on any atom is -0.309 e. The van der Waals surface area contributed by atoms with Gasteiger partial charge < -0.3 is 4.57 Å². The summed E-state index contributed by atoms with van der Waals surface area (Å²) >= 11 is 0. The summed E-state index contributed by atoms with van der Waals surface area (Å²) in [4.78, 5) is 0. The number of fused-ring (bicyclic) bond motifs is 3. The van der Waals surface area contributed by atoms with Gasteiger partial charge in [-0.15, -0.1) is 0 Å². The van der Waals surface area contributed by atoms with E-state index in [1.54, 1.807) is 12.1 Å². The number of rotatable bonds is 3. The van der Waals surface area contributed by atoms with Crippen LogP contribution in [0.1, 0.15) is 22.3 Å². The Hall–Kier alpha value is -3.99. The molecule has 230 valence electrons. The normalized spacial score (nSPS) is 13.5. The third-order valence-electron chi connectivity index (χ3n) is 6.96. The van der Waals surface area contributed by atoms with Gasteiger partial charge in [0.25, 0.3) is 0 Å². The van der Waals surface area contributed by atoms with Gasteiger partial charge in [-0.2, -0.15) is 52.7 Å². The summed E-state index contributed by atoms with van der Waals surface area (Å²) in [6.07, 6.45) is -21.8. The van der Waals surface area contributed by atoms with E-state index in [0.717, 1.165) is 6.07 Å². The molecule has 14 heteroatoms. The Kier molecular flexibility index (Phi) is 7.35. The van der Waals surface area contributed by atoms with Crippen LogP contribution in [0.15, 0.2) is 91.0 Å². The van der Waals surface area contributed by atoms with Crippen LogP contribution in [0.4, 0.5) is 52.7 Å². The minimum atomic E-state index is -5.46. The maximum atomic E-state index is 15.3. The fourth-order valence-electron chi connectivity index (χ4n) is 4.96. The SMILES string of the molecule is O=P(c1cc(C(F)(F)F)cc(C(F)(F)F)c1)(c1cc(C(F)(F)F)cc(C(F)(F)F)c1)c1cc2ccccc2c2ccccc12. The lowest BCUT2D eigenvalue weighted by molar-refractivity contribution is -0.144. The van der Waals surface area contributed by atoms with Crippen LogP contribution in [0, 0.1) is 0 Å². The number of halogens is 12. The third kappa shape index (κ3) is 5.65. The molecule has 1 nitrogen and oxygen atoms in total. The fourth-order valence-corrected chi connectivity index (χ4v) is 7.96. The lowest BCUT2D eigenvalue weighted by atomic mass is 10.0. The van der Waals surface area contributed by atoms with Gasteiger partial charge in [0.2, 0.25) is 0 Å². The maximum absolute atomic E-state index is 15.3. The zero-order valence-corrected chi connectivity index (χ0v) is 22.4. The van der Waals surface area contributed by atoms with Crippen molar-refractivity contribution in [1.82, 2.24) is 0 Å². The minimum absolute atomic E-state index is 0.0630.